The Balaban J connectivity index is 2.02. The van der Waals surface area contributed by atoms with E-state index in [-0.39, 0.29) is 11.2 Å². The quantitative estimate of drug-likeness (QED) is 0.459. The molecule has 2 aromatic heterocycles. The van der Waals surface area contributed by atoms with Gasteiger partial charge in [0.25, 0.3) is 5.56 Å². The molecule has 3 heterocycles. The highest BCUT2D eigenvalue weighted by Crippen LogP contribution is 2.44. The number of ether oxygens (including phenoxy) is 2. The third-order valence-corrected chi connectivity index (χ3v) is 4.15. The standard InChI is InChI=1S/C11H15N4O8P/c1-21-8-7(23-24(18,19)20)5(2-16)22-11(8)15-4-14-6-9(15)12-3-13-10(6)17/h3-5,7-8,11,16H,2H2,1H3,(H,12,13,17)(H2,18,19,20)/t5-,7-,8-,11-/m1/s1. The number of nitrogens with one attached hydrogen (secondary N) is 1. The lowest BCUT2D eigenvalue weighted by Gasteiger charge is -2.23. The maximum absolute atomic E-state index is 11.7. The summed E-state index contributed by atoms with van der Waals surface area (Å²) >= 11 is 0. The third-order valence-electron chi connectivity index (χ3n) is 3.64. The maximum atomic E-state index is 11.7. The number of aromatic amines is 1. The highest BCUT2D eigenvalue weighted by atomic mass is 31.2. The van der Waals surface area contributed by atoms with E-state index < -0.39 is 44.5 Å². The number of hydrogen-bond acceptors (Lipinski definition) is 8. The van der Waals surface area contributed by atoms with Gasteiger partial charge >= 0.3 is 7.82 Å². The Bertz CT molecular complexity index is 831. The molecule has 13 heteroatoms. The van der Waals surface area contributed by atoms with E-state index in [1.165, 1.54) is 24.3 Å². The Morgan fingerprint density at radius 1 is 1.42 bits per heavy atom. The van der Waals surface area contributed by atoms with Gasteiger partial charge in [0.1, 0.15) is 18.3 Å². The highest BCUT2D eigenvalue weighted by molar-refractivity contribution is 7.46. The molecule has 3 rings (SSSR count). The number of H-pyrrole nitrogens is 1. The van der Waals surface area contributed by atoms with Gasteiger partial charge in [-0.3, -0.25) is 13.9 Å². The van der Waals surface area contributed by atoms with Gasteiger partial charge in [0.15, 0.2) is 17.4 Å². The first-order valence-electron chi connectivity index (χ1n) is 6.79. The molecule has 1 fully saturated rings. The molecule has 132 valence electrons. The maximum Gasteiger partial charge on any atom is 0.470 e. The molecule has 0 spiro atoms. The molecule has 0 aromatic carbocycles. The molecular weight excluding hydrogens is 347 g/mol. The minimum Gasteiger partial charge on any atom is -0.394 e. The van der Waals surface area contributed by atoms with E-state index in [1.807, 2.05) is 0 Å². The van der Waals surface area contributed by atoms with Crippen molar-refractivity contribution in [2.45, 2.75) is 24.5 Å². The van der Waals surface area contributed by atoms with Gasteiger partial charge in [-0.05, 0) is 0 Å². The summed E-state index contributed by atoms with van der Waals surface area (Å²) < 4.78 is 28.1. The Labute approximate surface area is 134 Å². The predicted octanol–water partition coefficient (Wildman–Crippen LogP) is -1.50. The summed E-state index contributed by atoms with van der Waals surface area (Å²) in [5, 5.41) is 9.41. The number of hydrogen-bond donors (Lipinski definition) is 4. The first-order valence-corrected chi connectivity index (χ1v) is 8.32. The number of rotatable bonds is 5. The first kappa shape index (κ1) is 17.2. The predicted molar refractivity (Wildman–Crippen MR) is 76.9 cm³/mol. The molecule has 12 nitrogen and oxygen atoms in total. The Kier molecular flexibility index (Phi) is 4.53. The van der Waals surface area contributed by atoms with E-state index in [4.69, 9.17) is 23.8 Å². The summed E-state index contributed by atoms with van der Waals surface area (Å²) in [4.78, 5) is 40.2. The van der Waals surface area contributed by atoms with Crippen molar-refractivity contribution in [1.29, 1.82) is 0 Å². The summed E-state index contributed by atoms with van der Waals surface area (Å²) in [5.74, 6) is 0. The average Bonchev–Trinajstić information content (AvgIpc) is 3.07. The van der Waals surface area contributed by atoms with Gasteiger partial charge in [0, 0.05) is 7.11 Å². The van der Waals surface area contributed by atoms with Gasteiger partial charge < -0.3 is 29.4 Å². The van der Waals surface area contributed by atoms with Gasteiger partial charge in [-0.15, -0.1) is 0 Å². The smallest absolute Gasteiger partial charge is 0.394 e. The zero-order valence-electron chi connectivity index (χ0n) is 12.3. The number of methoxy groups -OCH3 is 1. The second kappa shape index (κ2) is 6.33. The van der Waals surface area contributed by atoms with Gasteiger partial charge in [0.05, 0.1) is 19.3 Å². The summed E-state index contributed by atoms with van der Waals surface area (Å²) in [6.07, 6.45) is -1.74. The second-order valence-electron chi connectivity index (χ2n) is 5.06. The van der Waals surface area contributed by atoms with Crippen molar-refractivity contribution < 1.29 is 33.5 Å². The van der Waals surface area contributed by atoms with Crippen LogP contribution in [0.1, 0.15) is 6.23 Å². The molecule has 4 N–H and O–H groups in total. The molecule has 1 saturated heterocycles. The van der Waals surface area contributed by atoms with E-state index in [9.17, 15) is 14.5 Å². The van der Waals surface area contributed by atoms with Gasteiger partial charge in [-0.2, -0.15) is 0 Å². The number of aliphatic hydroxyl groups is 1. The zero-order chi connectivity index (χ0) is 17.5. The Morgan fingerprint density at radius 3 is 2.79 bits per heavy atom. The fourth-order valence-corrected chi connectivity index (χ4v) is 3.24. The summed E-state index contributed by atoms with van der Waals surface area (Å²) in [6.45, 7) is -0.554. The molecule has 0 saturated carbocycles. The van der Waals surface area contributed by atoms with Crippen molar-refractivity contribution in [3.63, 3.8) is 0 Å². The van der Waals surface area contributed by atoms with Crippen LogP contribution in [-0.4, -0.2) is 66.4 Å². The van der Waals surface area contributed by atoms with Crippen molar-refractivity contribution in [2.75, 3.05) is 13.7 Å². The topological polar surface area (TPSA) is 169 Å². The fraction of sp³-hybridized carbons (Fsp3) is 0.545. The molecule has 1 aliphatic rings. The number of aromatic nitrogens is 4. The van der Waals surface area contributed by atoms with Crippen LogP contribution in [0, 0.1) is 0 Å². The van der Waals surface area contributed by atoms with Crippen LogP contribution in [0.3, 0.4) is 0 Å². The number of fused-ring (bicyclic) bond motifs is 1. The summed E-state index contributed by atoms with van der Waals surface area (Å²) in [7, 11) is -3.54. The molecule has 0 aliphatic carbocycles. The minimum atomic E-state index is -4.84. The Morgan fingerprint density at radius 2 is 2.17 bits per heavy atom. The van der Waals surface area contributed by atoms with E-state index in [0.29, 0.717) is 0 Å². The molecule has 0 unspecified atom stereocenters. The molecule has 0 amide bonds. The van der Waals surface area contributed by atoms with Crippen LogP contribution in [0.4, 0.5) is 0 Å². The second-order valence-corrected chi connectivity index (χ2v) is 6.26. The van der Waals surface area contributed by atoms with Crippen molar-refractivity contribution in [3.8, 4) is 0 Å². The van der Waals surface area contributed by atoms with Crippen molar-refractivity contribution in [1.82, 2.24) is 19.5 Å². The number of phosphoric acid groups is 1. The molecule has 1 aliphatic heterocycles. The SMILES string of the molecule is CO[C@@H]1[C@H](OP(=O)(O)O)[C@@H](CO)O[C@H]1n1cnc2c(=O)[nH]cnc21. The minimum absolute atomic E-state index is 0.0656. The monoisotopic (exact) mass is 362 g/mol. The Hall–Kier alpha value is -1.66. The van der Waals surface area contributed by atoms with Crippen LogP contribution < -0.4 is 5.56 Å². The zero-order valence-corrected chi connectivity index (χ0v) is 13.2. The van der Waals surface area contributed by atoms with Crippen LogP contribution in [0.5, 0.6) is 0 Å². The number of imidazole rings is 1. The van der Waals surface area contributed by atoms with Crippen molar-refractivity contribution in [2.24, 2.45) is 0 Å². The molecule has 2 aromatic rings. The molecular formula is C11H15N4O8P. The van der Waals surface area contributed by atoms with E-state index >= 15 is 0 Å². The van der Waals surface area contributed by atoms with E-state index in [1.54, 1.807) is 0 Å². The van der Waals surface area contributed by atoms with Crippen LogP contribution in [0.2, 0.25) is 0 Å². The fourth-order valence-electron chi connectivity index (χ4n) is 2.66. The lowest BCUT2D eigenvalue weighted by molar-refractivity contribution is -0.0583. The number of nitrogens with zero attached hydrogens (tertiary/aromatic N) is 3. The normalized spacial score (nSPS) is 27.8. The largest absolute Gasteiger partial charge is 0.470 e. The van der Waals surface area contributed by atoms with Gasteiger partial charge in [0.2, 0.25) is 0 Å². The van der Waals surface area contributed by atoms with E-state index in [2.05, 4.69) is 15.0 Å². The van der Waals surface area contributed by atoms with Crippen LogP contribution in [-0.2, 0) is 18.6 Å². The van der Waals surface area contributed by atoms with Crippen LogP contribution in [0.25, 0.3) is 11.2 Å². The lowest BCUT2D eigenvalue weighted by atomic mass is 10.1. The summed E-state index contributed by atoms with van der Waals surface area (Å²) in [6, 6.07) is 0. The number of aliphatic hydroxyl groups excluding tert-OH is 1. The molecule has 0 radical (unpaired) electrons. The average molecular weight is 362 g/mol. The van der Waals surface area contributed by atoms with E-state index in [0.717, 1.165) is 0 Å². The lowest BCUT2D eigenvalue weighted by Crippen LogP contribution is -2.36. The van der Waals surface area contributed by atoms with Crippen molar-refractivity contribution in [3.05, 3.63) is 23.0 Å². The third kappa shape index (κ3) is 3.00. The number of phosphoric ester groups is 1. The molecule has 0 bridgehead atoms. The first-order chi connectivity index (χ1) is 11.4. The van der Waals surface area contributed by atoms with Crippen molar-refractivity contribution >= 4 is 19.0 Å². The van der Waals surface area contributed by atoms with Gasteiger partial charge in [-0.1, -0.05) is 0 Å². The highest BCUT2D eigenvalue weighted by Gasteiger charge is 2.49. The molecule has 4 atom stereocenters. The van der Waals surface area contributed by atoms with Gasteiger partial charge in [-0.25, -0.2) is 14.5 Å². The van der Waals surface area contributed by atoms with Crippen LogP contribution >= 0.6 is 7.82 Å². The van der Waals surface area contributed by atoms with Crippen LogP contribution in [0.15, 0.2) is 17.4 Å². The summed E-state index contributed by atoms with van der Waals surface area (Å²) in [5.41, 5.74) is -0.192. The molecule has 24 heavy (non-hydrogen) atoms.